The standard InChI is InChI=1S/C13H18N2O5S/c1-8-4-5-11(10(6-8)12(16)17)15-13(18)14-9(2)7-21(3,19)20/h4-6,9H,7H2,1-3H3,(H,16,17)(H2,14,15,18). The molecule has 0 fully saturated rings. The van der Waals surface area contributed by atoms with Gasteiger partial charge in [0.2, 0.25) is 0 Å². The third-order valence-corrected chi connectivity index (χ3v) is 3.69. The molecule has 0 heterocycles. The van der Waals surface area contributed by atoms with Crippen molar-refractivity contribution >= 4 is 27.5 Å². The van der Waals surface area contributed by atoms with Crippen LogP contribution in [-0.2, 0) is 9.84 Å². The summed E-state index contributed by atoms with van der Waals surface area (Å²) in [4.78, 5) is 22.9. The van der Waals surface area contributed by atoms with Crippen molar-refractivity contribution in [3.63, 3.8) is 0 Å². The van der Waals surface area contributed by atoms with Crippen molar-refractivity contribution in [2.45, 2.75) is 19.9 Å². The summed E-state index contributed by atoms with van der Waals surface area (Å²) in [7, 11) is -3.21. The van der Waals surface area contributed by atoms with E-state index < -0.39 is 27.9 Å². The van der Waals surface area contributed by atoms with Gasteiger partial charge in [0.1, 0.15) is 9.84 Å². The first-order valence-corrected chi connectivity index (χ1v) is 8.23. The minimum atomic E-state index is -3.21. The van der Waals surface area contributed by atoms with Crippen LogP contribution < -0.4 is 10.6 Å². The highest BCUT2D eigenvalue weighted by Crippen LogP contribution is 2.17. The Morgan fingerprint density at radius 3 is 2.48 bits per heavy atom. The SMILES string of the molecule is Cc1ccc(NC(=O)NC(C)CS(C)(=O)=O)c(C(=O)O)c1. The minimum Gasteiger partial charge on any atom is -0.478 e. The molecule has 0 radical (unpaired) electrons. The fourth-order valence-electron chi connectivity index (χ4n) is 1.82. The van der Waals surface area contributed by atoms with E-state index in [1.165, 1.54) is 12.1 Å². The van der Waals surface area contributed by atoms with Crippen molar-refractivity contribution in [3.8, 4) is 0 Å². The van der Waals surface area contributed by atoms with E-state index in [9.17, 15) is 18.0 Å². The molecule has 0 aliphatic rings. The molecule has 1 unspecified atom stereocenters. The summed E-state index contributed by atoms with van der Waals surface area (Å²) in [6.07, 6.45) is 1.07. The zero-order chi connectivity index (χ0) is 16.2. The summed E-state index contributed by atoms with van der Waals surface area (Å²) in [5, 5.41) is 13.9. The molecule has 0 saturated carbocycles. The Kier molecular flexibility index (Phi) is 5.31. The zero-order valence-electron chi connectivity index (χ0n) is 12.0. The fraction of sp³-hybridized carbons (Fsp3) is 0.385. The van der Waals surface area contributed by atoms with Gasteiger partial charge in [-0.15, -0.1) is 0 Å². The van der Waals surface area contributed by atoms with Gasteiger partial charge in [-0.1, -0.05) is 11.6 Å². The Balaban J connectivity index is 2.78. The Bertz CT molecular complexity index is 655. The second-order valence-corrected chi connectivity index (χ2v) is 7.13. The molecule has 3 N–H and O–H groups in total. The van der Waals surface area contributed by atoms with Crippen LogP contribution in [-0.4, -0.2) is 43.6 Å². The molecular formula is C13H18N2O5S. The largest absolute Gasteiger partial charge is 0.478 e. The highest BCUT2D eigenvalue weighted by Gasteiger charge is 2.16. The molecule has 0 aliphatic heterocycles. The van der Waals surface area contributed by atoms with Crippen molar-refractivity contribution in [1.82, 2.24) is 5.32 Å². The molecule has 116 valence electrons. The number of carboxylic acid groups (broad SMARTS) is 1. The number of urea groups is 1. The molecule has 0 aromatic heterocycles. The van der Waals surface area contributed by atoms with Gasteiger partial charge in [-0.2, -0.15) is 0 Å². The first kappa shape index (κ1) is 17.0. The van der Waals surface area contributed by atoms with Crippen LogP contribution in [0.1, 0.15) is 22.8 Å². The highest BCUT2D eigenvalue weighted by molar-refractivity contribution is 7.90. The first-order chi connectivity index (χ1) is 9.58. The number of hydrogen-bond donors (Lipinski definition) is 3. The van der Waals surface area contributed by atoms with Crippen LogP contribution >= 0.6 is 0 Å². The van der Waals surface area contributed by atoms with Gasteiger partial charge in [0, 0.05) is 12.3 Å². The van der Waals surface area contributed by atoms with Gasteiger partial charge in [-0.3, -0.25) is 0 Å². The van der Waals surface area contributed by atoms with Gasteiger partial charge >= 0.3 is 12.0 Å². The monoisotopic (exact) mass is 314 g/mol. The molecule has 2 amide bonds. The lowest BCUT2D eigenvalue weighted by Gasteiger charge is -2.15. The summed E-state index contributed by atoms with van der Waals surface area (Å²) in [5.74, 6) is -1.35. The first-order valence-electron chi connectivity index (χ1n) is 6.17. The molecule has 0 saturated heterocycles. The lowest BCUT2D eigenvalue weighted by molar-refractivity contribution is 0.0698. The van der Waals surface area contributed by atoms with Crippen LogP contribution in [0, 0.1) is 6.92 Å². The molecular weight excluding hydrogens is 296 g/mol. The average molecular weight is 314 g/mol. The number of carbonyl (C=O) groups excluding carboxylic acids is 1. The number of benzene rings is 1. The van der Waals surface area contributed by atoms with Crippen LogP contribution in [0.25, 0.3) is 0 Å². The number of rotatable bonds is 5. The number of carboxylic acids is 1. The number of carbonyl (C=O) groups is 2. The topological polar surface area (TPSA) is 113 Å². The number of aromatic carboxylic acids is 1. The molecule has 8 heteroatoms. The van der Waals surface area contributed by atoms with Crippen molar-refractivity contribution in [3.05, 3.63) is 29.3 Å². The highest BCUT2D eigenvalue weighted by atomic mass is 32.2. The molecule has 1 aromatic carbocycles. The van der Waals surface area contributed by atoms with E-state index in [0.29, 0.717) is 0 Å². The van der Waals surface area contributed by atoms with Crippen molar-refractivity contribution < 1.29 is 23.1 Å². The third-order valence-electron chi connectivity index (χ3n) is 2.58. The second-order valence-electron chi connectivity index (χ2n) is 4.95. The summed E-state index contributed by atoms with van der Waals surface area (Å²) in [6, 6.07) is 3.36. The number of sulfone groups is 1. The van der Waals surface area contributed by atoms with Crippen molar-refractivity contribution in [2.75, 3.05) is 17.3 Å². The Morgan fingerprint density at radius 2 is 1.95 bits per heavy atom. The number of anilines is 1. The summed E-state index contributed by atoms with van der Waals surface area (Å²) in [6.45, 7) is 3.29. The smallest absolute Gasteiger partial charge is 0.337 e. The van der Waals surface area contributed by atoms with Crippen LogP contribution in [0.5, 0.6) is 0 Å². The van der Waals surface area contributed by atoms with Gasteiger partial charge in [0.15, 0.2) is 0 Å². The molecule has 0 spiro atoms. The third kappa shape index (κ3) is 5.82. The quantitative estimate of drug-likeness (QED) is 0.757. The number of hydrogen-bond acceptors (Lipinski definition) is 4. The summed E-state index contributed by atoms with van der Waals surface area (Å²) in [5.41, 5.74) is 0.877. The molecule has 1 atom stereocenters. The fourth-order valence-corrected chi connectivity index (χ4v) is 2.81. The molecule has 1 aromatic rings. The Morgan fingerprint density at radius 1 is 1.33 bits per heavy atom. The van der Waals surface area contributed by atoms with E-state index in [2.05, 4.69) is 10.6 Å². The maximum absolute atomic E-state index is 11.8. The van der Waals surface area contributed by atoms with E-state index in [4.69, 9.17) is 5.11 Å². The van der Waals surface area contributed by atoms with Crippen LogP contribution in [0.4, 0.5) is 10.5 Å². The Labute approximate surface area is 123 Å². The predicted molar refractivity (Wildman–Crippen MR) is 79.5 cm³/mol. The van der Waals surface area contributed by atoms with Crippen molar-refractivity contribution in [1.29, 1.82) is 0 Å². The van der Waals surface area contributed by atoms with E-state index in [0.717, 1.165) is 11.8 Å². The molecule has 21 heavy (non-hydrogen) atoms. The van der Waals surface area contributed by atoms with Crippen molar-refractivity contribution in [2.24, 2.45) is 0 Å². The van der Waals surface area contributed by atoms with Gasteiger partial charge < -0.3 is 15.7 Å². The molecule has 1 rings (SSSR count). The number of nitrogens with one attached hydrogen (secondary N) is 2. The molecule has 0 bridgehead atoms. The van der Waals surface area contributed by atoms with E-state index in [1.807, 2.05) is 0 Å². The van der Waals surface area contributed by atoms with Gasteiger partial charge in [0.05, 0.1) is 17.0 Å². The van der Waals surface area contributed by atoms with E-state index in [-0.39, 0.29) is 17.0 Å². The lowest BCUT2D eigenvalue weighted by atomic mass is 10.1. The lowest BCUT2D eigenvalue weighted by Crippen LogP contribution is -2.40. The van der Waals surface area contributed by atoms with Crippen LogP contribution in [0.2, 0.25) is 0 Å². The van der Waals surface area contributed by atoms with Gasteiger partial charge in [0.25, 0.3) is 0 Å². The number of amides is 2. The Hall–Kier alpha value is -2.09. The second kappa shape index (κ2) is 6.57. The van der Waals surface area contributed by atoms with E-state index >= 15 is 0 Å². The maximum atomic E-state index is 11.8. The summed E-state index contributed by atoms with van der Waals surface area (Å²) >= 11 is 0. The van der Waals surface area contributed by atoms with Crippen LogP contribution in [0.15, 0.2) is 18.2 Å². The maximum Gasteiger partial charge on any atom is 0.337 e. The molecule has 7 nitrogen and oxygen atoms in total. The predicted octanol–water partition coefficient (Wildman–Crippen LogP) is 1.25. The zero-order valence-corrected chi connectivity index (χ0v) is 12.8. The van der Waals surface area contributed by atoms with Gasteiger partial charge in [-0.05, 0) is 26.0 Å². The number of aryl methyl sites for hydroxylation is 1. The van der Waals surface area contributed by atoms with Crippen LogP contribution in [0.3, 0.4) is 0 Å². The van der Waals surface area contributed by atoms with Gasteiger partial charge in [-0.25, -0.2) is 18.0 Å². The van der Waals surface area contributed by atoms with E-state index in [1.54, 1.807) is 19.9 Å². The normalized spacial score (nSPS) is 12.5. The minimum absolute atomic E-state index is 0.0269. The summed E-state index contributed by atoms with van der Waals surface area (Å²) < 4.78 is 22.2. The average Bonchev–Trinajstić information content (AvgIpc) is 2.28. The molecule has 0 aliphatic carbocycles.